The molecule has 0 aliphatic heterocycles. The van der Waals surface area contributed by atoms with Gasteiger partial charge in [-0.3, -0.25) is 4.79 Å². The molecule has 1 fully saturated rings. The largest absolute Gasteiger partial charge is 0.497 e. The number of rotatable bonds is 7. The number of nitrogens with zero attached hydrogens (tertiary/aromatic N) is 3. The first-order valence-corrected chi connectivity index (χ1v) is 15.1. The van der Waals surface area contributed by atoms with Crippen LogP contribution in [0.15, 0.2) is 91.0 Å². The lowest BCUT2D eigenvalue weighted by molar-refractivity contribution is 0.0696. The number of carbonyl (C=O) groups is 2. The van der Waals surface area contributed by atoms with E-state index in [9.17, 15) is 14.7 Å². The lowest BCUT2D eigenvalue weighted by Gasteiger charge is -2.25. The van der Waals surface area contributed by atoms with E-state index >= 15 is 0 Å². The van der Waals surface area contributed by atoms with E-state index < -0.39 is 11.9 Å². The number of amides is 1. The Bertz CT molecular complexity index is 2090. The number of carboxylic acids is 1. The molecule has 4 aromatic carbocycles. The molecule has 2 aromatic heterocycles. The third-order valence-electron chi connectivity index (χ3n) is 8.81. The highest BCUT2D eigenvalue weighted by Gasteiger charge is 2.23. The van der Waals surface area contributed by atoms with Crippen molar-refractivity contribution in [2.75, 3.05) is 7.11 Å². The SMILES string of the molecule is COc1ccc(-c2ccc(C(N)=O)cc2)c(-c2ccc3cc(-c4nc5cc(C(=O)O)ccc5n4C4CCCCC4)ccc3n2)c1. The molecule has 1 saturated carbocycles. The summed E-state index contributed by atoms with van der Waals surface area (Å²) in [5.74, 6) is 0.138. The monoisotopic (exact) mass is 596 g/mol. The summed E-state index contributed by atoms with van der Waals surface area (Å²) in [6.45, 7) is 0. The Balaban J connectivity index is 1.32. The molecule has 6 aromatic rings. The first kappa shape index (κ1) is 28.3. The molecule has 1 aliphatic rings. The van der Waals surface area contributed by atoms with Crippen LogP contribution >= 0.6 is 0 Å². The van der Waals surface area contributed by atoms with Gasteiger partial charge >= 0.3 is 5.97 Å². The number of imidazole rings is 1. The zero-order valence-corrected chi connectivity index (χ0v) is 24.9. The number of pyridine rings is 1. The number of carboxylic acid groups (broad SMARTS) is 1. The van der Waals surface area contributed by atoms with Crippen LogP contribution in [0.3, 0.4) is 0 Å². The van der Waals surface area contributed by atoms with Gasteiger partial charge < -0.3 is 20.1 Å². The Kier molecular flexibility index (Phi) is 7.25. The number of benzene rings is 4. The summed E-state index contributed by atoms with van der Waals surface area (Å²) in [6.07, 6.45) is 5.72. The van der Waals surface area contributed by atoms with Gasteiger partial charge in [0.15, 0.2) is 0 Å². The van der Waals surface area contributed by atoms with Crippen LogP contribution in [0.5, 0.6) is 5.75 Å². The second kappa shape index (κ2) is 11.5. The molecule has 0 saturated heterocycles. The van der Waals surface area contributed by atoms with E-state index in [1.807, 2.05) is 54.6 Å². The molecule has 2 heterocycles. The number of hydrogen-bond donors (Lipinski definition) is 2. The summed E-state index contributed by atoms with van der Waals surface area (Å²) in [7, 11) is 1.64. The highest BCUT2D eigenvalue weighted by molar-refractivity contribution is 5.95. The molecule has 8 heteroatoms. The predicted molar refractivity (Wildman–Crippen MR) is 175 cm³/mol. The van der Waals surface area contributed by atoms with Crippen LogP contribution in [0.1, 0.15) is 58.9 Å². The average Bonchev–Trinajstić information content (AvgIpc) is 3.47. The van der Waals surface area contributed by atoms with Gasteiger partial charge in [0.05, 0.1) is 34.9 Å². The lowest BCUT2D eigenvalue weighted by atomic mass is 9.94. The fourth-order valence-corrected chi connectivity index (χ4v) is 6.49. The van der Waals surface area contributed by atoms with Crippen molar-refractivity contribution < 1.29 is 19.4 Å². The summed E-state index contributed by atoms with van der Waals surface area (Å²) in [6, 6.07) is 28.9. The molecule has 0 spiro atoms. The molecule has 1 aliphatic carbocycles. The number of fused-ring (bicyclic) bond motifs is 2. The maximum Gasteiger partial charge on any atom is 0.335 e. The van der Waals surface area contributed by atoms with Crippen molar-refractivity contribution in [2.24, 2.45) is 5.73 Å². The number of aromatic nitrogens is 3. The van der Waals surface area contributed by atoms with Crippen molar-refractivity contribution >= 4 is 33.8 Å². The second-order valence-electron chi connectivity index (χ2n) is 11.6. The van der Waals surface area contributed by atoms with E-state index in [1.165, 1.54) is 19.3 Å². The average molecular weight is 597 g/mol. The molecule has 7 rings (SSSR count). The molecular weight excluding hydrogens is 564 g/mol. The van der Waals surface area contributed by atoms with Crippen LogP contribution in [0.2, 0.25) is 0 Å². The van der Waals surface area contributed by atoms with Crippen molar-refractivity contribution in [3.8, 4) is 39.5 Å². The standard InChI is InChI=1S/C37H32N4O4/c1-45-28-14-15-29(22-7-9-23(10-8-22)35(38)42)30(21-28)32-17-11-24-19-25(12-16-31(24)39-32)36-40-33-20-26(37(43)44)13-18-34(33)41(36)27-5-3-2-4-6-27/h7-21,27H,2-6H2,1H3,(H2,38,42)(H,43,44). The number of nitrogens with two attached hydrogens (primary N) is 1. The van der Waals surface area contributed by atoms with Crippen LogP contribution in [0.25, 0.3) is 55.7 Å². The molecule has 0 bridgehead atoms. The van der Waals surface area contributed by atoms with Gasteiger partial charge in [-0.2, -0.15) is 0 Å². The Morgan fingerprint density at radius 1 is 0.778 bits per heavy atom. The fraction of sp³-hybridized carbons (Fsp3) is 0.189. The van der Waals surface area contributed by atoms with Crippen molar-refractivity contribution in [1.82, 2.24) is 14.5 Å². The van der Waals surface area contributed by atoms with E-state index in [0.29, 0.717) is 22.9 Å². The number of carbonyl (C=O) groups excluding carboxylic acids is 1. The third kappa shape index (κ3) is 5.29. The minimum absolute atomic E-state index is 0.235. The van der Waals surface area contributed by atoms with E-state index in [1.54, 1.807) is 31.4 Å². The van der Waals surface area contributed by atoms with Crippen LogP contribution in [0.4, 0.5) is 0 Å². The van der Waals surface area contributed by atoms with Crippen LogP contribution < -0.4 is 10.5 Å². The van der Waals surface area contributed by atoms with E-state index in [2.05, 4.69) is 16.7 Å². The summed E-state index contributed by atoms with van der Waals surface area (Å²) >= 11 is 0. The summed E-state index contributed by atoms with van der Waals surface area (Å²) in [5.41, 5.74) is 13.2. The summed E-state index contributed by atoms with van der Waals surface area (Å²) in [4.78, 5) is 33.3. The smallest absolute Gasteiger partial charge is 0.335 e. The van der Waals surface area contributed by atoms with Gasteiger partial charge in [0, 0.05) is 28.1 Å². The Morgan fingerprint density at radius 3 is 2.27 bits per heavy atom. The van der Waals surface area contributed by atoms with Gasteiger partial charge in [0.1, 0.15) is 11.6 Å². The summed E-state index contributed by atoms with van der Waals surface area (Å²) in [5, 5.41) is 10.6. The molecule has 1 amide bonds. The van der Waals surface area contributed by atoms with Gasteiger partial charge in [0.2, 0.25) is 5.91 Å². The maximum absolute atomic E-state index is 11.7. The number of methoxy groups -OCH3 is 1. The lowest BCUT2D eigenvalue weighted by Crippen LogP contribution is -2.14. The molecular formula is C37H32N4O4. The topological polar surface area (TPSA) is 120 Å². The van der Waals surface area contributed by atoms with Crippen molar-refractivity contribution in [2.45, 2.75) is 38.1 Å². The number of primary amides is 1. The first-order chi connectivity index (χ1) is 21.9. The predicted octanol–water partition coefficient (Wildman–Crippen LogP) is 7.90. The fourth-order valence-electron chi connectivity index (χ4n) is 6.49. The Labute approximate surface area is 260 Å². The van der Waals surface area contributed by atoms with Crippen LogP contribution in [-0.4, -0.2) is 38.6 Å². The Morgan fingerprint density at radius 2 is 1.53 bits per heavy atom. The molecule has 0 unspecified atom stereocenters. The molecule has 8 nitrogen and oxygen atoms in total. The minimum atomic E-state index is -0.958. The second-order valence-corrected chi connectivity index (χ2v) is 11.6. The van der Waals surface area contributed by atoms with E-state index in [4.69, 9.17) is 20.4 Å². The van der Waals surface area contributed by atoms with Gasteiger partial charge in [0.25, 0.3) is 0 Å². The number of aromatic carboxylic acids is 1. The van der Waals surface area contributed by atoms with Gasteiger partial charge in [-0.05, 0) is 90.7 Å². The summed E-state index contributed by atoms with van der Waals surface area (Å²) < 4.78 is 7.86. The van der Waals surface area contributed by atoms with Crippen molar-refractivity contribution in [3.63, 3.8) is 0 Å². The van der Waals surface area contributed by atoms with Gasteiger partial charge in [-0.25, -0.2) is 14.8 Å². The highest BCUT2D eigenvalue weighted by Crippen LogP contribution is 2.38. The van der Waals surface area contributed by atoms with Crippen LogP contribution in [-0.2, 0) is 0 Å². The molecule has 3 N–H and O–H groups in total. The van der Waals surface area contributed by atoms with Crippen molar-refractivity contribution in [1.29, 1.82) is 0 Å². The maximum atomic E-state index is 11.7. The Hall–Kier alpha value is -5.50. The minimum Gasteiger partial charge on any atom is -0.497 e. The van der Waals surface area contributed by atoms with E-state index in [0.717, 1.165) is 63.0 Å². The number of hydrogen-bond acceptors (Lipinski definition) is 5. The van der Waals surface area contributed by atoms with Gasteiger partial charge in [-0.15, -0.1) is 0 Å². The molecule has 45 heavy (non-hydrogen) atoms. The van der Waals surface area contributed by atoms with Crippen LogP contribution in [0, 0.1) is 0 Å². The third-order valence-corrected chi connectivity index (χ3v) is 8.81. The highest BCUT2D eigenvalue weighted by atomic mass is 16.5. The quantitative estimate of drug-likeness (QED) is 0.193. The molecule has 0 radical (unpaired) electrons. The molecule has 224 valence electrons. The molecule has 0 atom stereocenters. The first-order valence-electron chi connectivity index (χ1n) is 15.1. The zero-order valence-electron chi connectivity index (χ0n) is 24.9. The number of ether oxygens (including phenoxy) is 1. The van der Waals surface area contributed by atoms with Gasteiger partial charge in [-0.1, -0.05) is 43.5 Å². The van der Waals surface area contributed by atoms with Crippen molar-refractivity contribution in [3.05, 3.63) is 102 Å². The zero-order chi connectivity index (χ0) is 31.1. The normalized spacial score (nSPS) is 13.7. The van der Waals surface area contributed by atoms with E-state index in [-0.39, 0.29) is 5.56 Å².